The van der Waals surface area contributed by atoms with Crippen LogP contribution >= 0.6 is 0 Å². The molecule has 0 radical (unpaired) electrons. The van der Waals surface area contributed by atoms with Gasteiger partial charge in [0.2, 0.25) is 5.88 Å². The minimum atomic E-state index is -0.536. The van der Waals surface area contributed by atoms with Gasteiger partial charge in [-0.05, 0) is 26.3 Å². The van der Waals surface area contributed by atoms with Gasteiger partial charge in [0.1, 0.15) is 12.2 Å². The zero-order valence-corrected chi connectivity index (χ0v) is 13.6. The molecule has 0 atom stereocenters. The Balaban J connectivity index is 1.86. The summed E-state index contributed by atoms with van der Waals surface area (Å²) in [5.41, 5.74) is 0.519. The Morgan fingerprint density at radius 2 is 1.91 bits per heavy atom. The lowest BCUT2D eigenvalue weighted by molar-refractivity contribution is 0.0522. The summed E-state index contributed by atoms with van der Waals surface area (Å²) < 4.78 is 10.8. The zero-order valence-electron chi connectivity index (χ0n) is 13.6. The van der Waals surface area contributed by atoms with E-state index in [-0.39, 0.29) is 6.54 Å². The highest BCUT2D eigenvalue weighted by Gasteiger charge is 2.16. The van der Waals surface area contributed by atoms with Gasteiger partial charge in [-0.15, -0.1) is 0 Å². The van der Waals surface area contributed by atoms with Gasteiger partial charge in [0.25, 0.3) is 0 Å². The van der Waals surface area contributed by atoms with Crippen molar-refractivity contribution in [1.82, 2.24) is 15.3 Å². The molecular formula is C17H21N3O3. The van der Waals surface area contributed by atoms with Gasteiger partial charge in [0.05, 0.1) is 6.54 Å². The van der Waals surface area contributed by atoms with E-state index >= 15 is 0 Å². The average Bonchev–Trinajstić information content (AvgIpc) is 2.51. The van der Waals surface area contributed by atoms with E-state index in [9.17, 15) is 4.79 Å². The van der Waals surface area contributed by atoms with Crippen LogP contribution in [0.25, 0.3) is 0 Å². The number of nitrogens with one attached hydrogen (secondary N) is 1. The van der Waals surface area contributed by atoms with E-state index < -0.39 is 11.7 Å². The second-order valence-corrected chi connectivity index (χ2v) is 5.94. The minimum Gasteiger partial charge on any atom is -0.473 e. The van der Waals surface area contributed by atoms with Crippen molar-refractivity contribution in [3.05, 3.63) is 54.0 Å². The Bertz CT molecular complexity index is 639. The summed E-state index contributed by atoms with van der Waals surface area (Å²) in [5.74, 6) is 0.922. The first-order chi connectivity index (χ1) is 10.9. The Labute approximate surface area is 135 Å². The van der Waals surface area contributed by atoms with Crippen molar-refractivity contribution in [2.45, 2.75) is 39.5 Å². The minimum absolute atomic E-state index is 0.178. The highest BCUT2D eigenvalue weighted by atomic mass is 16.6. The van der Waals surface area contributed by atoms with Crippen LogP contribution in [0.4, 0.5) is 4.79 Å². The number of hydrogen-bond acceptors (Lipinski definition) is 5. The smallest absolute Gasteiger partial charge is 0.408 e. The number of benzene rings is 1. The van der Waals surface area contributed by atoms with Gasteiger partial charge >= 0.3 is 6.09 Å². The van der Waals surface area contributed by atoms with Crippen molar-refractivity contribution in [3.8, 4) is 5.88 Å². The molecule has 0 spiro atoms. The zero-order chi connectivity index (χ0) is 16.7. The summed E-state index contributed by atoms with van der Waals surface area (Å²) in [6.45, 7) is 6.03. The molecule has 0 bridgehead atoms. The van der Waals surface area contributed by atoms with Crippen LogP contribution in [0.1, 0.15) is 32.2 Å². The van der Waals surface area contributed by atoms with E-state index in [2.05, 4.69) is 15.3 Å². The highest BCUT2D eigenvalue weighted by molar-refractivity contribution is 5.67. The molecule has 0 saturated heterocycles. The van der Waals surface area contributed by atoms with Crippen molar-refractivity contribution in [2.75, 3.05) is 0 Å². The molecule has 0 fully saturated rings. The Morgan fingerprint density at radius 3 is 2.61 bits per heavy atom. The van der Waals surface area contributed by atoms with E-state index in [1.54, 1.807) is 33.0 Å². The van der Waals surface area contributed by atoms with Crippen molar-refractivity contribution >= 4 is 6.09 Å². The van der Waals surface area contributed by atoms with Gasteiger partial charge in [-0.1, -0.05) is 30.3 Å². The van der Waals surface area contributed by atoms with E-state index in [0.29, 0.717) is 18.3 Å². The Kier molecular flexibility index (Phi) is 5.51. The van der Waals surface area contributed by atoms with Gasteiger partial charge < -0.3 is 14.8 Å². The van der Waals surface area contributed by atoms with Crippen molar-refractivity contribution < 1.29 is 14.3 Å². The molecule has 0 saturated carbocycles. The van der Waals surface area contributed by atoms with E-state index in [0.717, 1.165) is 5.56 Å². The fraction of sp³-hybridized carbons (Fsp3) is 0.353. The Morgan fingerprint density at radius 1 is 1.17 bits per heavy atom. The molecular weight excluding hydrogens is 294 g/mol. The van der Waals surface area contributed by atoms with Crippen LogP contribution in [0.5, 0.6) is 5.88 Å². The normalized spacial score (nSPS) is 10.9. The van der Waals surface area contributed by atoms with E-state index in [1.165, 1.54) is 0 Å². The lowest BCUT2D eigenvalue weighted by atomic mass is 10.2. The third-order valence-electron chi connectivity index (χ3n) is 2.70. The van der Waals surface area contributed by atoms with Crippen LogP contribution in [-0.4, -0.2) is 21.7 Å². The summed E-state index contributed by atoms with van der Waals surface area (Å²) in [7, 11) is 0. The number of aromatic nitrogens is 2. The quantitative estimate of drug-likeness (QED) is 0.918. The maximum atomic E-state index is 11.6. The van der Waals surface area contributed by atoms with Crippen LogP contribution in [0, 0.1) is 0 Å². The molecule has 1 aromatic carbocycles. The third kappa shape index (κ3) is 6.34. The maximum absolute atomic E-state index is 11.6. The molecule has 2 rings (SSSR count). The van der Waals surface area contributed by atoms with Crippen LogP contribution < -0.4 is 10.1 Å². The molecule has 2 aromatic rings. The summed E-state index contributed by atoms with van der Waals surface area (Å²) in [6.07, 6.45) is 1.09. The largest absolute Gasteiger partial charge is 0.473 e. The molecule has 1 aromatic heterocycles. The van der Waals surface area contributed by atoms with Gasteiger partial charge in [0, 0.05) is 12.3 Å². The summed E-state index contributed by atoms with van der Waals surface area (Å²) >= 11 is 0. The number of nitrogens with zero attached hydrogens (tertiary/aromatic N) is 2. The predicted octanol–water partition coefficient (Wildman–Crippen LogP) is 3.08. The molecule has 1 N–H and O–H groups in total. The average molecular weight is 315 g/mol. The molecule has 0 aliphatic rings. The van der Waals surface area contributed by atoms with Gasteiger partial charge in [-0.3, -0.25) is 0 Å². The number of carbonyl (C=O) groups excluding carboxylic acids is 1. The van der Waals surface area contributed by atoms with Crippen molar-refractivity contribution in [3.63, 3.8) is 0 Å². The standard InChI is InChI=1S/C17H21N3O3/c1-17(2,3)23-16(21)19-11-14-18-10-9-15(20-14)22-12-13-7-5-4-6-8-13/h4-10H,11-12H2,1-3H3,(H,19,21). The highest BCUT2D eigenvalue weighted by Crippen LogP contribution is 2.10. The molecule has 23 heavy (non-hydrogen) atoms. The van der Waals surface area contributed by atoms with Crippen molar-refractivity contribution in [2.24, 2.45) is 0 Å². The lowest BCUT2D eigenvalue weighted by Gasteiger charge is -2.19. The number of hydrogen-bond donors (Lipinski definition) is 1. The van der Waals surface area contributed by atoms with Crippen LogP contribution in [0.3, 0.4) is 0 Å². The molecule has 122 valence electrons. The summed E-state index contributed by atoms with van der Waals surface area (Å²) in [4.78, 5) is 20.0. The molecule has 0 unspecified atom stereocenters. The first kappa shape index (κ1) is 16.7. The molecule has 0 aliphatic heterocycles. The summed E-state index contributed by atoms with van der Waals surface area (Å²) in [5, 5.41) is 2.61. The van der Waals surface area contributed by atoms with E-state index in [1.807, 2.05) is 30.3 Å². The number of rotatable bonds is 5. The maximum Gasteiger partial charge on any atom is 0.408 e. The number of carbonyl (C=O) groups is 1. The summed E-state index contributed by atoms with van der Waals surface area (Å²) in [6, 6.07) is 11.5. The predicted molar refractivity (Wildman–Crippen MR) is 85.9 cm³/mol. The third-order valence-corrected chi connectivity index (χ3v) is 2.70. The number of amides is 1. The van der Waals surface area contributed by atoms with E-state index in [4.69, 9.17) is 9.47 Å². The first-order valence-corrected chi connectivity index (χ1v) is 7.38. The molecule has 6 nitrogen and oxygen atoms in total. The molecule has 0 aliphatic carbocycles. The SMILES string of the molecule is CC(C)(C)OC(=O)NCc1nccc(OCc2ccccc2)n1. The van der Waals surface area contributed by atoms with Crippen molar-refractivity contribution in [1.29, 1.82) is 0 Å². The monoisotopic (exact) mass is 315 g/mol. The fourth-order valence-corrected chi connectivity index (χ4v) is 1.74. The van der Waals surface area contributed by atoms with Gasteiger partial charge in [-0.25, -0.2) is 9.78 Å². The topological polar surface area (TPSA) is 73.3 Å². The van der Waals surface area contributed by atoms with Crippen LogP contribution in [0.15, 0.2) is 42.6 Å². The van der Waals surface area contributed by atoms with Crippen LogP contribution in [0.2, 0.25) is 0 Å². The fourth-order valence-electron chi connectivity index (χ4n) is 1.74. The second-order valence-electron chi connectivity index (χ2n) is 5.94. The number of ether oxygens (including phenoxy) is 2. The molecule has 1 amide bonds. The van der Waals surface area contributed by atoms with Crippen LogP contribution in [-0.2, 0) is 17.9 Å². The second kappa shape index (κ2) is 7.58. The Hall–Kier alpha value is -2.63. The molecule has 6 heteroatoms. The van der Waals surface area contributed by atoms with Gasteiger partial charge in [-0.2, -0.15) is 4.98 Å². The molecule has 1 heterocycles. The lowest BCUT2D eigenvalue weighted by Crippen LogP contribution is -2.32. The number of alkyl carbamates (subject to hydrolysis) is 1. The van der Waals surface area contributed by atoms with Gasteiger partial charge in [0.15, 0.2) is 5.82 Å². The first-order valence-electron chi connectivity index (χ1n) is 7.38.